The molecule has 4 heteroatoms. The topological polar surface area (TPSA) is 42.0 Å². The summed E-state index contributed by atoms with van der Waals surface area (Å²) in [6.45, 7) is 4.14. The predicted molar refractivity (Wildman–Crippen MR) is 82.4 cm³/mol. The summed E-state index contributed by atoms with van der Waals surface area (Å²) in [7, 11) is 0. The van der Waals surface area contributed by atoms with Gasteiger partial charge in [0, 0.05) is 18.1 Å². The van der Waals surface area contributed by atoms with E-state index in [0.717, 1.165) is 29.7 Å². The normalized spacial score (nSPS) is 10.3. The fourth-order valence-electron chi connectivity index (χ4n) is 2.13. The van der Waals surface area contributed by atoms with Crippen LogP contribution in [-0.2, 0) is 12.8 Å². The first kappa shape index (κ1) is 14.5. The Morgan fingerprint density at radius 1 is 1.20 bits per heavy atom. The zero-order chi connectivity index (χ0) is 14.5. The van der Waals surface area contributed by atoms with Crippen LogP contribution in [0.1, 0.15) is 35.3 Å². The smallest absolute Gasteiger partial charge is 0.258 e. The molecule has 0 radical (unpaired) electrons. The Hall–Kier alpha value is -1.87. The number of aryl methyl sites for hydroxylation is 2. The molecule has 0 bridgehead atoms. The molecule has 2 aromatic rings. The lowest BCUT2D eigenvalue weighted by Crippen LogP contribution is -2.15. The number of hydrogen-bond donors (Lipinski definition) is 1. The average molecular weight is 289 g/mol. The molecule has 0 atom stereocenters. The third-order valence-corrected chi connectivity index (χ3v) is 3.58. The molecule has 0 unspecified atom stereocenters. The highest BCUT2D eigenvalue weighted by molar-refractivity contribution is 6.34. The summed E-state index contributed by atoms with van der Waals surface area (Å²) in [6.07, 6.45) is 4.78. The minimum Gasteiger partial charge on any atom is -0.321 e. The molecule has 0 saturated carbocycles. The molecule has 0 aliphatic heterocycles. The number of carbonyl (C=O) groups excluding carboxylic acids is 1. The van der Waals surface area contributed by atoms with Crippen LogP contribution in [0.3, 0.4) is 0 Å². The number of para-hydroxylation sites is 1. The van der Waals surface area contributed by atoms with Crippen molar-refractivity contribution in [2.24, 2.45) is 0 Å². The van der Waals surface area contributed by atoms with Crippen molar-refractivity contribution in [3.8, 4) is 0 Å². The lowest BCUT2D eigenvalue weighted by molar-refractivity contribution is 0.102. The maximum Gasteiger partial charge on any atom is 0.258 e. The first-order valence-electron chi connectivity index (χ1n) is 6.69. The molecule has 1 N–H and O–H groups in total. The monoisotopic (exact) mass is 288 g/mol. The van der Waals surface area contributed by atoms with Crippen molar-refractivity contribution in [3.63, 3.8) is 0 Å². The highest BCUT2D eigenvalue weighted by Crippen LogP contribution is 2.24. The van der Waals surface area contributed by atoms with Crippen LogP contribution in [0.5, 0.6) is 0 Å². The van der Waals surface area contributed by atoms with Gasteiger partial charge in [-0.25, -0.2) is 0 Å². The van der Waals surface area contributed by atoms with Gasteiger partial charge < -0.3 is 5.32 Å². The van der Waals surface area contributed by atoms with Crippen LogP contribution >= 0.6 is 11.6 Å². The Balaban J connectivity index is 2.35. The number of hydrogen-bond acceptors (Lipinski definition) is 2. The number of anilines is 1. The largest absolute Gasteiger partial charge is 0.321 e. The Bertz CT molecular complexity index is 603. The van der Waals surface area contributed by atoms with Crippen LogP contribution in [0.15, 0.2) is 36.7 Å². The highest BCUT2D eigenvalue weighted by Gasteiger charge is 2.14. The zero-order valence-electron chi connectivity index (χ0n) is 11.6. The van der Waals surface area contributed by atoms with Crippen molar-refractivity contribution in [1.82, 2.24) is 4.98 Å². The molecule has 0 fully saturated rings. The van der Waals surface area contributed by atoms with E-state index in [1.165, 1.54) is 6.20 Å². The molecule has 104 valence electrons. The van der Waals surface area contributed by atoms with E-state index in [9.17, 15) is 4.79 Å². The van der Waals surface area contributed by atoms with Gasteiger partial charge in [-0.15, -0.1) is 0 Å². The van der Waals surface area contributed by atoms with Crippen LogP contribution in [0.4, 0.5) is 5.69 Å². The lowest BCUT2D eigenvalue weighted by Gasteiger charge is -2.14. The van der Waals surface area contributed by atoms with Gasteiger partial charge in [-0.1, -0.05) is 43.6 Å². The second kappa shape index (κ2) is 6.53. The molecule has 0 aliphatic rings. The van der Waals surface area contributed by atoms with E-state index in [1.807, 2.05) is 18.2 Å². The van der Waals surface area contributed by atoms with Gasteiger partial charge in [0.15, 0.2) is 0 Å². The number of pyridine rings is 1. The van der Waals surface area contributed by atoms with E-state index < -0.39 is 0 Å². The summed E-state index contributed by atoms with van der Waals surface area (Å²) in [4.78, 5) is 16.3. The first-order valence-corrected chi connectivity index (χ1v) is 7.06. The maximum absolute atomic E-state index is 12.3. The SMILES string of the molecule is CCc1cccc(CC)c1NC(=O)c1cnccc1Cl. The molecule has 20 heavy (non-hydrogen) atoms. The van der Waals surface area contributed by atoms with Crippen LogP contribution in [0.25, 0.3) is 0 Å². The fraction of sp³-hybridized carbons (Fsp3) is 0.250. The number of nitrogens with one attached hydrogen (secondary N) is 1. The van der Waals surface area contributed by atoms with E-state index in [0.29, 0.717) is 10.6 Å². The molecule has 1 aromatic carbocycles. The van der Waals surface area contributed by atoms with Gasteiger partial charge in [0.1, 0.15) is 0 Å². The van der Waals surface area contributed by atoms with Gasteiger partial charge in [0.25, 0.3) is 5.91 Å². The first-order chi connectivity index (χ1) is 9.67. The lowest BCUT2D eigenvalue weighted by atomic mass is 10.0. The highest BCUT2D eigenvalue weighted by atomic mass is 35.5. The van der Waals surface area contributed by atoms with Crippen molar-refractivity contribution < 1.29 is 4.79 Å². The summed E-state index contributed by atoms with van der Waals surface area (Å²) >= 11 is 6.03. The number of aromatic nitrogens is 1. The van der Waals surface area contributed by atoms with Crippen molar-refractivity contribution in [2.45, 2.75) is 26.7 Å². The van der Waals surface area contributed by atoms with Gasteiger partial charge in [0.05, 0.1) is 10.6 Å². The molecular weight excluding hydrogens is 272 g/mol. The molecule has 0 spiro atoms. The molecule has 1 amide bonds. The van der Waals surface area contributed by atoms with Crippen molar-refractivity contribution >= 4 is 23.2 Å². The molecule has 1 heterocycles. The summed E-state index contributed by atoms with van der Waals surface area (Å²) < 4.78 is 0. The van der Waals surface area contributed by atoms with Crippen molar-refractivity contribution in [2.75, 3.05) is 5.32 Å². The molecule has 3 nitrogen and oxygen atoms in total. The third kappa shape index (κ3) is 2.99. The number of amides is 1. The number of benzene rings is 1. The Kier molecular flexibility index (Phi) is 4.74. The third-order valence-electron chi connectivity index (χ3n) is 3.25. The van der Waals surface area contributed by atoms with Gasteiger partial charge in [-0.3, -0.25) is 9.78 Å². The fourth-order valence-corrected chi connectivity index (χ4v) is 2.32. The van der Waals surface area contributed by atoms with Gasteiger partial charge >= 0.3 is 0 Å². The van der Waals surface area contributed by atoms with Crippen molar-refractivity contribution in [1.29, 1.82) is 0 Å². The van der Waals surface area contributed by atoms with Gasteiger partial charge in [-0.05, 0) is 30.0 Å². The maximum atomic E-state index is 12.3. The van der Waals surface area contributed by atoms with E-state index in [2.05, 4.69) is 24.1 Å². The summed E-state index contributed by atoms with van der Waals surface area (Å²) in [5.74, 6) is -0.223. The predicted octanol–water partition coefficient (Wildman–Crippen LogP) is 4.11. The van der Waals surface area contributed by atoms with E-state index in [4.69, 9.17) is 11.6 Å². The number of nitrogens with zero attached hydrogens (tertiary/aromatic N) is 1. The number of rotatable bonds is 4. The van der Waals surface area contributed by atoms with Gasteiger partial charge in [-0.2, -0.15) is 0 Å². The van der Waals surface area contributed by atoms with Crippen LogP contribution in [0, 0.1) is 0 Å². The molecule has 1 aromatic heterocycles. The van der Waals surface area contributed by atoms with E-state index in [-0.39, 0.29) is 5.91 Å². The Morgan fingerprint density at radius 2 is 1.85 bits per heavy atom. The van der Waals surface area contributed by atoms with E-state index in [1.54, 1.807) is 12.3 Å². The van der Waals surface area contributed by atoms with E-state index >= 15 is 0 Å². The molecule has 0 aliphatic carbocycles. The summed E-state index contributed by atoms with van der Waals surface area (Å²) in [5, 5.41) is 3.38. The minimum atomic E-state index is -0.223. The summed E-state index contributed by atoms with van der Waals surface area (Å²) in [6, 6.07) is 7.69. The van der Waals surface area contributed by atoms with Crippen LogP contribution < -0.4 is 5.32 Å². The average Bonchev–Trinajstić information content (AvgIpc) is 2.47. The molecular formula is C16H17ClN2O. The zero-order valence-corrected chi connectivity index (χ0v) is 12.4. The molecule has 0 saturated heterocycles. The summed E-state index contributed by atoms with van der Waals surface area (Å²) in [5.41, 5.74) is 3.53. The van der Waals surface area contributed by atoms with Crippen LogP contribution in [0.2, 0.25) is 5.02 Å². The van der Waals surface area contributed by atoms with Crippen molar-refractivity contribution in [3.05, 3.63) is 58.4 Å². The minimum absolute atomic E-state index is 0.223. The quantitative estimate of drug-likeness (QED) is 0.920. The van der Waals surface area contributed by atoms with Crippen LogP contribution in [-0.4, -0.2) is 10.9 Å². The second-order valence-electron chi connectivity index (χ2n) is 4.47. The Morgan fingerprint density at radius 3 is 2.40 bits per heavy atom. The van der Waals surface area contributed by atoms with Gasteiger partial charge in [0.2, 0.25) is 0 Å². The number of carbonyl (C=O) groups is 1. The standard InChI is InChI=1S/C16H17ClN2O/c1-3-11-6-5-7-12(4-2)15(11)19-16(20)13-10-18-9-8-14(13)17/h5-10H,3-4H2,1-2H3,(H,19,20). The second-order valence-corrected chi connectivity index (χ2v) is 4.88. The Labute approximate surface area is 124 Å². The number of halogens is 1. The molecule has 2 rings (SSSR count).